The zero-order valence-electron chi connectivity index (χ0n) is 19.6. The molecule has 0 saturated carbocycles. The molecule has 2 aromatic carbocycles. The van der Waals surface area contributed by atoms with Crippen LogP contribution in [0, 0.1) is 0 Å². The first-order chi connectivity index (χ1) is 15.8. The Morgan fingerprint density at radius 1 is 1.18 bits per heavy atom. The van der Waals surface area contributed by atoms with Gasteiger partial charge in [0.25, 0.3) is 5.91 Å². The predicted octanol–water partition coefficient (Wildman–Crippen LogP) is 1.36. The molecule has 1 aliphatic rings. The maximum absolute atomic E-state index is 13.2. The summed E-state index contributed by atoms with van der Waals surface area (Å²) >= 11 is 0. The van der Waals surface area contributed by atoms with Crippen molar-refractivity contribution < 1.29 is 19.1 Å². The number of fused-ring (bicyclic) bond motifs is 1. The van der Waals surface area contributed by atoms with E-state index in [0.717, 1.165) is 22.8 Å². The molecule has 8 heteroatoms. The largest absolute Gasteiger partial charge is 0.369 e. The Labute approximate surface area is 194 Å². The lowest BCUT2D eigenvalue weighted by Gasteiger charge is -2.32. The third-order valence-corrected chi connectivity index (χ3v) is 6.17. The van der Waals surface area contributed by atoms with E-state index in [4.69, 9.17) is 10.5 Å². The van der Waals surface area contributed by atoms with E-state index < -0.39 is 17.7 Å². The van der Waals surface area contributed by atoms with E-state index >= 15 is 0 Å². The second-order valence-corrected chi connectivity index (χ2v) is 8.90. The smallest absolute Gasteiger partial charge is 0.254 e. The Balaban J connectivity index is 1.78. The minimum atomic E-state index is -1.02. The van der Waals surface area contributed by atoms with Gasteiger partial charge in [0.15, 0.2) is 0 Å². The number of nitrogens with two attached hydrogens (primary N) is 1. The van der Waals surface area contributed by atoms with Crippen molar-refractivity contribution in [3.8, 4) is 0 Å². The standard InChI is InChI=1S/C25H34N4O4/c1-25(2,33-3)24(32)29-14-6-9-21(29)23(31)28-20(22(30)27-13-12-26)16-17-10-11-18-7-4-5-8-19(18)15-17/h4-5,7-8,10-11,15,20-21H,6,9,12-14,16,26H2,1-3H3,(H,27,30)(H,28,31)/t20-,21+/m1/s1. The molecule has 3 amide bonds. The highest BCUT2D eigenvalue weighted by atomic mass is 16.5. The molecule has 8 nitrogen and oxygen atoms in total. The van der Waals surface area contributed by atoms with Gasteiger partial charge in [0.05, 0.1) is 0 Å². The summed E-state index contributed by atoms with van der Waals surface area (Å²) in [6.45, 7) is 4.48. The molecule has 4 N–H and O–H groups in total. The van der Waals surface area contributed by atoms with Crippen molar-refractivity contribution in [1.82, 2.24) is 15.5 Å². The lowest BCUT2D eigenvalue weighted by atomic mass is 10.0. The zero-order valence-corrected chi connectivity index (χ0v) is 19.6. The average Bonchev–Trinajstić information content (AvgIpc) is 3.31. The molecule has 1 aliphatic heterocycles. The van der Waals surface area contributed by atoms with E-state index in [0.29, 0.717) is 32.5 Å². The van der Waals surface area contributed by atoms with Crippen LogP contribution < -0.4 is 16.4 Å². The van der Waals surface area contributed by atoms with Crippen LogP contribution >= 0.6 is 0 Å². The molecule has 1 fully saturated rings. The third kappa shape index (κ3) is 5.89. The first-order valence-electron chi connectivity index (χ1n) is 11.4. The number of methoxy groups -OCH3 is 1. The summed E-state index contributed by atoms with van der Waals surface area (Å²) in [5.74, 6) is -0.863. The predicted molar refractivity (Wildman–Crippen MR) is 127 cm³/mol. The van der Waals surface area contributed by atoms with Crippen LogP contribution in [-0.2, 0) is 25.5 Å². The van der Waals surface area contributed by atoms with E-state index in [-0.39, 0.29) is 17.7 Å². The van der Waals surface area contributed by atoms with Crippen molar-refractivity contribution >= 4 is 28.5 Å². The molecule has 2 atom stereocenters. The van der Waals surface area contributed by atoms with Crippen LogP contribution in [0.2, 0.25) is 0 Å². The van der Waals surface area contributed by atoms with Gasteiger partial charge in [-0.15, -0.1) is 0 Å². The number of hydrogen-bond acceptors (Lipinski definition) is 5. The highest BCUT2D eigenvalue weighted by Gasteiger charge is 2.41. The van der Waals surface area contributed by atoms with Crippen LogP contribution in [0.5, 0.6) is 0 Å². The zero-order chi connectivity index (χ0) is 24.0. The van der Waals surface area contributed by atoms with E-state index in [1.807, 2.05) is 42.5 Å². The summed E-state index contributed by atoms with van der Waals surface area (Å²) in [6.07, 6.45) is 1.60. The Hall–Kier alpha value is -2.97. The molecule has 178 valence electrons. The molecule has 0 spiro atoms. The number of amides is 3. The van der Waals surface area contributed by atoms with Crippen LogP contribution in [0.1, 0.15) is 32.3 Å². The van der Waals surface area contributed by atoms with Gasteiger partial charge in [-0.3, -0.25) is 14.4 Å². The van der Waals surface area contributed by atoms with Crippen molar-refractivity contribution in [2.75, 3.05) is 26.7 Å². The van der Waals surface area contributed by atoms with Crippen molar-refractivity contribution in [3.63, 3.8) is 0 Å². The van der Waals surface area contributed by atoms with Crippen molar-refractivity contribution in [2.24, 2.45) is 5.73 Å². The van der Waals surface area contributed by atoms with E-state index in [9.17, 15) is 14.4 Å². The normalized spacial score (nSPS) is 17.1. The Morgan fingerprint density at radius 2 is 1.91 bits per heavy atom. The van der Waals surface area contributed by atoms with E-state index in [1.54, 1.807) is 18.7 Å². The minimum Gasteiger partial charge on any atom is -0.369 e. The van der Waals surface area contributed by atoms with Gasteiger partial charge in [-0.2, -0.15) is 0 Å². The molecular formula is C25H34N4O4. The molecule has 0 aliphatic carbocycles. The van der Waals surface area contributed by atoms with Gasteiger partial charge in [0.1, 0.15) is 17.7 Å². The molecule has 0 unspecified atom stereocenters. The summed E-state index contributed by atoms with van der Waals surface area (Å²) in [6, 6.07) is 12.6. The second-order valence-electron chi connectivity index (χ2n) is 8.90. The molecule has 1 heterocycles. The number of nitrogens with one attached hydrogen (secondary N) is 2. The lowest BCUT2D eigenvalue weighted by Crippen LogP contribution is -2.56. The van der Waals surface area contributed by atoms with Gasteiger partial charge in [-0.25, -0.2) is 0 Å². The first-order valence-corrected chi connectivity index (χ1v) is 11.4. The molecule has 3 rings (SSSR count). The number of rotatable bonds is 9. The quantitative estimate of drug-likeness (QED) is 0.529. The number of carbonyl (C=O) groups is 3. The fraction of sp³-hybridized carbons (Fsp3) is 0.480. The molecule has 0 bridgehead atoms. The van der Waals surface area contributed by atoms with Crippen LogP contribution in [0.25, 0.3) is 10.8 Å². The Morgan fingerprint density at radius 3 is 2.61 bits per heavy atom. The molecule has 0 radical (unpaired) electrons. The number of carbonyl (C=O) groups excluding carboxylic acids is 3. The molecule has 33 heavy (non-hydrogen) atoms. The van der Waals surface area contributed by atoms with Crippen LogP contribution in [0.3, 0.4) is 0 Å². The average molecular weight is 455 g/mol. The molecular weight excluding hydrogens is 420 g/mol. The number of hydrogen-bond donors (Lipinski definition) is 3. The highest BCUT2D eigenvalue weighted by Crippen LogP contribution is 2.23. The van der Waals surface area contributed by atoms with Gasteiger partial charge in [-0.1, -0.05) is 42.5 Å². The number of ether oxygens (including phenoxy) is 1. The van der Waals surface area contributed by atoms with Gasteiger partial charge in [0, 0.05) is 33.2 Å². The monoisotopic (exact) mass is 454 g/mol. The number of nitrogens with zero attached hydrogens (tertiary/aromatic N) is 1. The van der Waals surface area contributed by atoms with Crippen LogP contribution in [0.4, 0.5) is 0 Å². The van der Waals surface area contributed by atoms with Crippen molar-refractivity contribution in [1.29, 1.82) is 0 Å². The number of likely N-dealkylation sites (tertiary alicyclic amines) is 1. The molecule has 0 aromatic heterocycles. The maximum Gasteiger partial charge on any atom is 0.254 e. The Bertz CT molecular complexity index is 1010. The van der Waals surface area contributed by atoms with Gasteiger partial charge < -0.3 is 26.0 Å². The van der Waals surface area contributed by atoms with Crippen LogP contribution in [-0.4, -0.2) is 67.1 Å². The maximum atomic E-state index is 13.2. The summed E-state index contributed by atoms with van der Waals surface area (Å²) < 4.78 is 5.32. The lowest BCUT2D eigenvalue weighted by molar-refractivity contribution is -0.154. The van der Waals surface area contributed by atoms with E-state index in [2.05, 4.69) is 10.6 Å². The fourth-order valence-corrected chi connectivity index (χ4v) is 4.11. The van der Waals surface area contributed by atoms with Gasteiger partial charge in [0.2, 0.25) is 11.8 Å². The highest BCUT2D eigenvalue weighted by molar-refractivity contribution is 5.94. The first kappa shape index (κ1) is 24.7. The summed E-state index contributed by atoms with van der Waals surface area (Å²) in [5, 5.41) is 7.84. The van der Waals surface area contributed by atoms with Crippen molar-refractivity contribution in [3.05, 3.63) is 48.0 Å². The van der Waals surface area contributed by atoms with Crippen molar-refractivity contribution in [2.45, 2.75) is 50.8 Å². The van der Waals surface area contributed by atoms with Gasteiger partial charge in [-0.05, 0) is 43.0 Å². The summed E-state index contributed by atoms with van der Waals surface area (Å²) in [7, 11) is 1.48. The number of benzene rings is 2. The third-order valence-electron chi connectivity index (χ3n) is 6.17. The van der Waals surface area contributed by atoms with E-state index in [1.165, 1.54) is 7.11 Å². The van der Waals surface area contributed by atoms with Crippen LogP contribution in [0.15, 0.2) is 42.5 Å². The van der Waals surface area contributed by atoms with Gasteiger partial charge >= 0.3 is 0 Å². The molecule has 1 saturated heterocycles. The molecule has 2 aromatic rings. The fourth-order valence-electron chi connectivity index (χ4n) is 4.11. The summed E-state index contributed by atoms with van der Waals surface area (Å²) in [5.41, 5.74) is 5.45. The minimum absolute atomic E-state index is 0.235. The second kappa shape index (κ2) is 10.8. The summed E-state index contributed by atoms with van der Waals surface area (Å²) in [4.78, 5) is 40.6. The topological polar surface area (TPSA) is 114 Å². The Kier molecular flexibility index (Phi) is 8.05. The SMILES string of the molecule is COC(C)(C)C(=O)N1CCC[C@H]1C(=O)N[C@H](Cc1ccc2ccccc2c1)C(=O)NCCN.